The Kier molecular flexibility index (Phi) is 5.69. The first-order valence-electron chi connectivity index (χ1n) is 6.15. The summed E-state index contributed by atoms with van der Waals surface area (Å²) in [5.74, 6) is 0.778. The third kappa shape index (κ3) is 4.65. The molecule has 0 bridgehead atoms. The van der Waals surface area contributed by atoms with Crippen molar-refractivity contribution >= 4 is 5.97 Å². The minimum Gasteiger partial charge on any atom is -0.465 e. The Morgan fingerprint density at radius 1 is 1.27 bits per heavy atom. The molecule has 0 aromatic carbocycles. The smallest absolute Gasteiger partial charge is 0.319 e. The molecule has 15 heavy (non-hydrogen) atoms. The molecule has 1 aliphatic carbocycles. The van der Waals surface area contributed by atoms with Crippen LogP contribution in [-0.2, 0) is 9.53 Å². The van der Waals surface area contributed by atoms with Gasteiger partial charge in [-0.15, -0.1) is 0 Å². The van der Waals surface area contributed by atoms with E-state index in [0.29, 0.717) is 19.2 Å². The summed E-state index contributed by atoms with van der Waals surface area (Å²) in [5.41, 5.74) is 0. The van der Waals surface area contributed by atoms with Crippen LogP contribution in [0.15, 0.2) is 0 Å². The maximum Gasteiger partial charge on any atom is 0.319 e. The maximum atomic E-state index is 11.1. The summed E-state index contributed by atoms with van der Waals surface area (Å²) in [6.07, 6.45) is 6.31. The second-order valence-electron chi connectivity index (χ2n) is 4.31. The Bertz CT molecular complexity index is 186. The number of esters is 1. The Balaban J connectivity index is 2.10. The zero-order valence-corrected chi connectivity index (χ0v) is 9.92. The van der Waals surface area contributed by atoms with Gasteiger partial charge in [0.1, 0.15) is 0 Å². The van der Waals surface area contributed by atoms with Crippen LogP contribution in [0.25, 0.3) is 0 Å². The van der Waals surface area contributed by atoms with E-state index in [2.05, 4.69) is 12.2 Å². The van der Waals surface area contributed by atoms with Crippen LogP contribution in [0.4, 0.5) is 0 Å². The van der Waals surface area contributed by atoms with Gasteiger partial charge in [0.2, 0.25) is 0 Å². The minimum absolute atomic E-state index is 0.130. The van der Waals surface area contributed by atoms with E-state index < -0.39 is 0 Å². The van der Waals surface area contributed by atoms with Crippen molar-refractivity contribution in [2.24, 2.45) is 5.92 Å². The highest BCUT2D eigenvalue weighted by Crippen LogP contribution is 2.26. The number of ether oxygens (including phenoxy) is 1. The molecule has 0 aromatic rings. The monoisotopic (exact) mass is 213 g/mol. The molecule has 1 saturated carbocycles. The van der Waals surface area contributed by atoms with Crippen LogP contribution in [-0.4, -0.2) is 25.2 Å². The number of carbonyl (C=O) groups is 1. The topological polar surface area (TPSA) is 38.3 Å². The van der Waals surface area contributed by atoms with Crippen molar-refractivity contribution in [2.45, 2.75) is 52.0 Å². The highest BCUT2D eigenvalue weighted by molar-refractivity contribution is 5.71. The molecule has 0 radical (unpaired) electrons. The van der Waals surface area contributed by atoms with Crippen LogP contribution < -0.4 is 5.32 Å². The summed E-state index contributed by atoms with van der Waals surface area (Å²) >= 11 is 0. The molecule has 1 aliphatic rings. The Hall–Kier alpha value is -0.570. The van der Waals surface area contributed by atoms with Crippen LogP contribution in [0.1, 0.15) is 46.0 Å². The predicted octanol–water partition coefficient (Wildman–Crippen LogP) is 2.11. The molecule has 0 atom stereocenters. The number of carbonyl (C=O) groups excluding carboxylic acids is 1. The van der Waals surface area contributed by atoms with E-state index in [-0.39, 0.29) is 5.97 Å². The lowest BCUT2D eigenvalue weighted by atomic mass is 9.84. The van der Waals surface area contributed by atoms with Crippen LogP contribution in [0.3, 0.4) is 0 Å². The van der Waals surface area contributed by atoms with Gasteiger partial charge in [0.25, 0.3) is 0 Å². The Morgan fingerprint density at radius 2 is 1.93 bits per heavy atom. The van der Waals surface area contributed by atoms with Crippen molar-refractivity contribution < 1.29 is 9.53 Å². The van der Waals surface area contributed by atoms with Gasteiger partial charge in [-0.2, -0.15) is 0 Å². The van der Waals surface area contributed by atoms with Gasteiger partial charge in [-0.05, 0) is 38.5 Å². The van der Waals surface area contributed by atoms with E-state index in [0.717, 1.165) is 5.92 Å². The summed E-state index contributed by atoms with van der Waals surface area (Å²) in [5, 5.41) is 3.28. The molecule has 0 heterocycles. The molecule has 3 nitrogen and oxygen atoms in total. The fourth-order valence-corrected chi connectivity index (χ4v) is 2.21. The molecule has 0 aromatic heterocycles. The zero-order chi connectivity index (χ0) is 11.1. The molecular weight excluding hydrogens is 190 g/mol. The fourth-order valence-electron chi connectivity index (χ4n) is 2.21. The number of nitrogens with one attached hydrogen (secondary N) is 1. The molecule has 0 amide bonds. The summed E-state index contributed by atoms with van der Waals surface area (Å²) in [7, 11) is 0. The second kappa shape index (κ2) is 6.83. The van der Waals surface area contributed by atoms with Gasteiger partial charge >= 0.3 is 5.97 Å². The van der Waals surface area contributed by atoms with E-state index in [9.17, 15) is 4.79 Å². The lowest BCUT2D eigenvalue weighted by Gasteiger charge is -2.28. The number of rotatable bonds is 5. The van der Waals surface area contributed by atoms with Crippen molar-refractivity contribution in [3.05, 3.63) is 0 Å². The number of hydrogen-bond acceptors (Lipinski definition) is 3. The van der Waals surface area contributed by atoms with E-state index in [1.807, 2.05) is 6.92 Å². The van der Waals surface area contributed by atoms with E-state index in [4.69, 9.17) is 4.74 Å². The number of hydrogen-bond donors (Lipinski definition) is 1. The van der Waals surface area contributed by atoms with Crippen molar-refractivity contribution in [1.29, 1.82) is 0 Å². The third-order valence-electron chi connectivity index (χ3n) is 3.26. The van der Waals surface area contributed by atoms with Gasteiger partial charge < -0.3 is 10.1 Å². The van der Waals surface area contributed by atoms with Crippen LogP contribution in [0.2, 0.25) is 0 Å². The van der Waals surface area contributed by atoms with Crippen molar-refractivity contribution in [3.63, 3.8) is 0 Å². The third-order valence-corrected chi connectivity index (χ3v) is 3.26. The minimum atomic E-state index is -0.130. The SMILES string of the molecule is CCOC(=O)CNC1CCC(CC)CC1. The highest BCUT2D eigenvalue weighted by atomic mass is 16.5. The quantitative estimate of drug-likeness (QED) is 0.711. The lowest BCUT2D eigenvalue weighted by Crippen LogP contribution is -2.37. The molecule has 1 rings (SSSR count). The average molecular weight is 213 g/mol. The Morgan fingerprint density at radius 3 is 2.47 bits per heavy atom. The molecule has 0 unspecified atom stereocenters. The van der Waals surface area contributed by atoms with Gasteiger partial charge in [0.15, 0.2) is 0 Å². The van der Waals surface area contributed by atoms with Crippen molar-refractivity contribution in [2.75, 3.05) is 13.2 Å². The van der Waals surface area contributed by atoms with Crippen LogP contribution in [0.5, 0.6) is 0 Å². The van der Waals surface area contributed by atoms with Crippen LogP contribution in [0, 0.1) is 5.92 Å². The van der Waals surface area contributed by atoms with Gasteiger partial charge in [0, 0.05) is 6.04 Å². The Labute approximate surface area is 92.6 Å². The molecule has 0 spiro atoms. The first-order valence-corrected chi connectivity index (χ1v) is 6.15. The summed E-state index contributed by atoms with van der Waals surface area (Å²) < 4.78 is 4.87. The summed E-state index contributed by atoms with van der Waals surface area (Å²) in [6.45, 7) is 4.94. The van der Waals surface area contributed by atoms with Crippen molar-refractivity contribution in [3.8, 4) is 0 Å². The standard InChI is InChI=1S/C12H23NO2/c1-3-10-5-7-11(8-6-10)13-9-12(14)15-4-2/h10-11,13H,3-9H2,1-2H3. The van der Waals surface area contributed by atoms with E-state index >= 15 is 0 Å². The normalized spacial score (nSPS) is 26.3. The molecule has 0 aliphatic heterocycles. The average Bonchev–Trinajstić information content (AvgIpc) is 2.27. The lowest BCUT2D eigenvalue weighted by molar-refractivity contribution is -0.142. The molecule has 0 saturated heterocycles. The zero-order valence-electron chi connectivity index (χ0n) is 9.92. The largest absolute Gasteiger partial charge is 0.465 e. The first kappa shape index (κ1) is 12.5. The first-order chi connectivity index (χ1) is 7.26. The van der Waals surface area contributed by atoms with E-state index in [1.54, 1.807) is 0 Å². The van der Waals surface area contributed by atoms with Gasteiger partial charge in [-0.25, -0.2) is 0 Å². The summed E-state index contributed by atoms with van der Waals surface area (Å²) in [4.78, 5) is 11.1. The van der Waals surface area contributed by atoms with Crippen LogP contribution >= 0.6 is 0 Å². The molecule has 3 heteroatoms. The highest BCUT2D eigenvalue weighted by Gasteiger charge is 2.19. The molecule has 1 fully saturated rings. The van der Waals surface area contributed by atoms with Gasteiger partial charge in [0.05, 0.1) is 13.2 Å². The predicted molar refractivity (Wildman–Crippen MR) is 60.7 cm³/mol. The maximum absolute atomic E-state index is 11.1. The fraction of sp³-hybridized carbons (Fsp3) is 0.917. The summed E-state index contributed by atoms with van der Waals surface area (Å²) in [6, 6.07) is 0.525. The van der Waals surface area contributed by atoms with Crippen molar-refractivity contribution in [1.82, 2.24) is 5.32 Å². The van der Waals surface area contributed by atoms with E-state index in [1.165, 1.54) is 32.1 Å². The molecular formula is C12H23NO2. The van der Waals surface area contributed by atoms with Gasteiger partial charge in [-0.3, -0.25) is 4.79 Å². The second-order valence-corrected chi connectivity index (χ2v) is 4.31. The van der Waals surface area contributed by atoms with Gasteiger partial charge in [-0.1, -0.05) is 13.3 Å². The molecule has 1 N–H and O–H groups in total. The molecule has 88 valence electrons.